The van der Waals surface area contributed by atoms with Crippen molar-refractivity contribution in [2.24, 2.45) is 0 Å². The predicted molar refractivity (Wildman–Crippen MR) is 96.7 cm³/mol. The molecule has 0 spiro atoms. The second kappa shape index (κ2) is 8.75. The van der Waals surface area contributed by atoms with Gasteiger partial charge >= 0.3 is 5.97 Å². The lowest BCUT2D eigenvalue weighted by Crippen LogP contribution is -2.37. The molecule has 2 aromatic rings. The molecule has 0 radical (unpaired) electrons. The Kier molecular flexibility index (Phi) is 6.43. The molecule has 0 aliphatic rings. The number of nitrogens with zero attached hydrogens (tertiary/aromatic N) is 2. The molecular weight excluding hydrogens is 334 g/mol. The van der Waals surface area contributed by atoms with Crippen molar-refractivity contribution in [1.29, 1.82) is 0 Å². The van der Waals surface area contributed by atoms with Gasteiger partial charge in [0.1, 0.15) is 0 Å². The quantitative estimate of drug-likeness (QED) is 0.800. The van der Waals surface area contributed by atoms with Crippen molar-refractivity contribution in [1.82, 2.24) is 9.88 Å². The van der Waals surface area contributed by atoms with E-state index in [9.17, 15) is 14.4 Å². The monoisotopic (exact) mass is 355 g/mol. The maximum Gasteiger partial charge on any atom is 0.338 e. The van der Waals surface area contributed by atoms with Crippen LogP contribution >= 0.6 is 0 Å². The Morgan fingerprint density at radius 2 is 1.81 bits per heavy atom. The number of nitrogens with one attached hydrogen (secondary N) is 1. The molecule has 0 fully saturated rings. The molecule has 1 aromatic heterocycles. The first-order valence-electron chi connectivity index (χ1n) is 8.05. The number of carbonyl (C=O) groups is 3. The zero-order chi connectivity index (χ0) is 19.1. The first-order chi connectivity index (χ1) is 12.4. The third-order valence-electron chi connectivity index (χ3n) is 3.72. The lowest BCUT2D eigenvalue weighted by molar-refractivity contribution is -0.136. The van der Waals surface area contributed by atoms with Crippen molar-refractivity contribution < 1.29 is 19.1 Å². The summed E-state index contributed by atoms with van der Waals surface area (Å²) in [6.45, 7) is 3.25. The number of pyridine rings is 1. The molecule has 0 atom stereocenters. The minimum Gasteiger partial charge on any atom is -0.452 e. The maximum atomic E-state index is 12.1. The molecule has 0 aliphatic carbocycles. The van der Waals surface area contributed by atoms with Gasteiger partial charge in [0.2, 0.25) is 5.91 Å². The Morgan fingerprint density at radius 1 is 1.12 bits per heavy atom. The molecule has 0 saturated carbocycles. The number of anilines is 1. The van der Waals surface area contributed by atoms with Crippen LogP contribution in [0.4, 0.5) is 5.69 Å². The normalized spacial score (nSPS) is 10.1. The lowest BCUT2D eigenvalue weighted by Gasteiger charge is -2.17. The van der Waals surface area contributed by atoms with Crippen LogP contribution in [0.5, 0.6) is 0 Å². The van der Waals surface area contributed by atoms with Crippen molar-refractivity contribution >= 4 is 23.5 Å². The highest BCUT2D eigenvalue weighted by Gasteiger charge is 2.16. The van der Waals surface area contributed by atoms with Crippen LogP contribution in [-0.4, -0.2) is 47.9 Å². The van der Waals surface area contributed by atoms with Gasteiger partial charge in [-0.25, -0.2) is 4.79 Å². The molecule has 0 saturated heterocycles. The lowest BCUT2D eigenvalue weighted by atomic mass is 10.1. The van der Waals surface area contributed by atoms with Crippen LogP contribution in [0.15, 0.2) is 42.7 Å². The van der Waals surface area contributed by atoms with E-state index in [1.165, 1.54) is 36.5 Å². The van der Waals surface area contributed by atoms with Gasteiger partial charge in [0, 0.05) is 25.1 Å². The van der Waals surface area contributed by atoms with E-state index in [-0.39, 0.29) is 12.5 Å². The van der Waals surface area contributed by atoms with Gasteiger partial charge in [0.25, 0.3) is 5.91 Å². The van der Waals surface area contributed by atoms with E-state index < -0.39 is 18.5 Å². The highest BCUT2D eigenvalue weighted by Crippen LogP contribution is 2.16. The number of rotatable bonds is 6. The minimum atomic E-state index is -0.617. The highest BCUT2D eigenvalue weighted by atomic mass is 16.5. The summed E-state index contributed by atoms with van der Waals surface area (Å²) in [6.07, 6.45) is 2.92. The van der Waals surface area contributed by atoms with Crippen LogP contribution in [0.1, 0.15) is 21.5 Å². The number of esters is 1. The van der Waals surface area contributed by atoms with Crippen LogP contribution in [0.3, 0.4) is 0 Å². The third kappa shape index (κ3) is 5.41. The summed E-state index contributed by atoms with van der Waals surface area (Å²) in [4.78, 5) is 41.0. The van der Waals surface area contributed by atoms with E-state index in [0.717, 1.165) is 11.1 Å². The molecule has 26 heavy (non-hydrogen) atoms. The number of aromatic nitrogens is 1. The van der Waals surface area contributed by atoms with Crippen molar-refractivity contribution in [2.45, 2.75) is 13.8 Å². The average Bonchev–Trinajstić information content (AvgIpc) is 2.63. The molecule has 0 unspecified atom stereocenters. The molecule has 0 aliphatic heterocycles. The second-order valence-electron chi connectivity index (χ2n) is 5.93. The van der Waals surface area contributed by atoms with Gasteiger partial charge < -0.3 is 15.0 Å². The fourth-order valence-electron chi connectivity index (χ4n) is 2.17. The number of carbonyl (C=O) groups excluding carboxylic acids is 3. The third-order valence-corrected chi connectivity index (χ3v) is 3.72. The van der Waals surface area contributed by atoms with Crippen LogP contribution in [0.2, 0.25) is 0 Å². The summed E-state index contributed by atoms with van der Waals surface area (Å²) in [5.74, 6) is -1.41. The largest absolute Gasteiger partial charge is 0.452 e. The Labute approximate surface area is 152 Å². The van der Waals surface area contributed by atoms with Gasteiger partial charge in [0.15, 0.2) is 6.61 Å². The molecule has 1 aromatic carbocycles. The zero-order valence-electron chi connectivity index (χ0n) is 15.0. The number of hydrogen-bond acceptors (Lipinski definition) is 5. The highest BCUT2D eigenvalue weighted by molar-refractivity contribution is 5.96. The Balaban J connectivity index is 1.83. The van der Waals surface area contributed by atoms with Gasteiger partial charge in [-0.1, -0.05) is 12.1 Å². The molecule has 2 amide bonds. The number of hydrogen-bond donors (Lipinski definition) is 1. The second-order valence-corrected chi connectivity index (χ2v) is 5.93. The molecule has 2 rings (SSSR count). The van der Waals surface area contributed by atoms with E-state index in [1.54, 1.807) is 0 Å². The van der Waals surface area contributed by atoms with Crippen molar-refractivity contribution in [3.8, 4) is 0 Å². The summed E-state index contributed by atoms with van der Waals surface area (Å²) in [5, 5.41) is 2.78. The Bertz CT molecular complexity index is 806. The molecule has 136 valence electrons. The topological polar surface area (TPSA) is 88.6 Å². The molecule has 1 heterocycles. The predicted octanol–water partition coefficient (Wildman–Crippen LogP) is 1.95. The van der Waals surface area contributed by atoms with E-state index >= 15 is 0 Å². The average molecular weight is 355 g/mol. The Morgan fingerprint density at radius 3 is 2.50 bits per heavy atom. The van der Waals surface area contributed by atoms with Crippen LogP contribution in [0.25, 0.3) is 0 Å². The summed E-state index contributed by atoms with van der Waals surface area (Å²) in [6, 6.07) is 8.73. The van der Waals surface area contributed by atoms with Gasteiger partial charge in [-0.05, 0) is 43.2 Å². The number of benzene rings is 1. The summed E-state index contributed by atoms with van der Waals surface area (Å²) in [7, 11) is 1.48. The number of aryl methyl sites for hydroxylation is 2. The summed E-state index contributed by atoms with van der Waals surface area (Å²) in [5.41, 5.74) is 2.98. The number of likely N-dealkylation sites (N-methyl/N-ethyl adjacent to an activating group) is 1. The SMILES string of the molecule is Cc1ccc(C)c(NC(=O)CN(C)C(=O)COC(=O)c2ccncc2)c1. The summed E-state index contributed by atoms with van der Waals surface area (Å²) < 4.78 is 4.96. The van der Waals surface area contributed by atoms with Crippen LogP contribution in [0, 0.1) is 13.8 Å². The smallest absolute Gasteiger partial charge is 0.338 e. The number of amides is 2. The van der Waals surface area contributed by atoms with Crippen LogP contribution in [-0.2, 0) is 14.3 Å². The van der Waals surface area contributed by atoms with E-state index in [4.69, 9.17) is 4.74 Å². The van der Waals surface area contributed by atoms with Gasteiger partial charge in [-0.15, -0.1) is 0 Å². The maximum absolute atomic E-state index is 12.1. The standard InChI is InChI=1S/C19H21N3O4/c1-13-4-5-14(2)16(10-13)21-17(23)11-22(3)18(24)12-26-19(25)15-6-8-20-9-7-15/h4-10H,11-12H2,1-3H3,(H,21,23). The van der Waals surface area contributed by atoms with E-state index in [1.807, 2.05) is 32.0 Å². The molecule has 1 N–H and O–H groups in total. The number of ether oxygens (including phenoxy) is 1. The fraction of sp³-hybridized carbons (Fsp3) is 0.263. The molecule has 7 nitrogen and oxygen atoms in total. The fourth-order valence-corrected chi connectivity index (χ4v) is 2.17. The molecule has 0 bridgehead atoms. The van der Waals surface area contributed by atoms with Crippen molar-refractivity contribution in [2.75, 3.05) is 25.5 Å². The van der Waals surface area contributed by atoms with Gasteiger partial charge in [-0.2, -0.15) is 0 Å². The van der Waals surface area contributed by atoms with Gasteiger partial charge in [0.05, 0.1) is 12.1 Å². The summed E-state index contributed by atoms with van der Waals surface area (Å²) >= 11 is 0. The van der Waals surface area contributed by atoms with Gasteiger partial charge in [-0.3, -0.25) is 14.6 Å². The first kappa shape index (κ1) is 19.1. The minimum absolute atomic E-state index is 0.140. The van der Waals surface area contributed by atoms with E-state index in [0.29, 0.717) is 11.3 Å². The molecule has 7 heteroatoms. The Hall–Kier alpha value is -3.22. The van der Waals surface area contributed by atoms with Crippen molar-refractivity contribution in [3.63, 3.8) is 0 Å². The van der Waals surface area contributed by atoms with E-state index in [2.05, 4.69) is 10.3 Å². The molecular formula is C19H21N3O4. The zero-order valence-corrected chi connectivity index (χ0v) is 15.0. The van der Waals surface area contributed by atoms with Crippen molar-refractivity contribution in [3.05, 3.63) is 59.4 Å². The first-order valence-corrected chi connectivity index (χ1v) is 8.05. The van der Waals surface area contributed by atoms with Crippen LogP contribution < -0.4 is 5.32 Å².